The second-order valence-electron chi connectivity index (χ2n) is 10.1. The first-order chi connectivity index (χ1) is 25.4. The smallest absolute Gasteiger partial charge is 0.341 e. The average molecular weight is 747 g/mol. The van der Waals surface area contributed by atoms with E-state index in [1.807, 2.05) is 0 Å². The number of nitro groups is 2. The highest BCUT2D eigenvalue weighted by Crippen LogP contribution is 2.33. The first-order valence-corrected chi connectivity index (χ1v) is 15.2. The molecular weight excluding hydrogens is 720 g/mol. The minimum Gasteiger partial charge on any atom is -0.496 e. The molecule has 0 saturated heterocycles. The summed E-state index contributed by atoms with van der Waals surface area (Å²) in [7, 11) is 5.44. The molecule has 2 aromatic carbocycles. The highest BCUT2D eigenvalue weighted by molar-refractivity contribution is 6.29. The molecule has 4 heterocycles. The zero-order valence-electron chi connectivity index (χ0n) is 28.1. The summed E-state index contributed by atoms with van der Waals surface area (Å²) < 4.78 is 25.4. The zero-order valence-corrected chi connectivity index (χ0v) is 28.9. The van der Waals surface area contributed by atoms with Gasteiger partial charge in [-0.3, -0.25) is 30.0 Å². The van der Waals surface area contributed by atoms with Crippen LogP contribution in [0.5, 0.6) is 23.1 Å². The van der Waals surface area contributed by atoms with E-state index < -0.39 is 21.8 Å². The third-order valence-corrected chi connectivity index (χ3v) is 7.20. The Hall–Kier alpha value is -7.21. The predicted octanol–water partition coefficient (Wildman–Crippen LogP) is 6.09. The number of nitrogens with one attached hydrogen (secondary N) is 1. The Kier molecular flexibility index (Phi) is 12.8. The lowest BCUT2D eigenvalue weighted by molar-refractivity contribution is -0.385. The van der Waals surface area contributed by atoms with E-state index in [-0.39, 0.29) is 39.0 Å². The summed E-state index contributed by atoms with van der Waals surface area (Å²) in [4.78, 5) is 69.4. The Morgan fingerprint density at radius 3 is 1.83 bits per heavy atom. The van der Waals surface area contributed by atoms with Gasteiger partial charge in [0.25, 0.3) is 11.4 Å². The van der Waals surface area contributed by atoms with Crippen molar-refractivity contribution in [3.63, 3.8) is 0 Å². The number of carbonyl (C=O) groups excluding carboxylic acids is 2. The van der Waals surface area contributed by atoms with Crippen LogP contribution in [0.15, 0.2) is 90.2 Å². The highest BCUT2D eigenvalue weighted by Gasteiger charge is 2.18. The number of carbonyl (C=O) groups is 2. The molecule has 0 saturated carbocycles. The molecule has 18 nitrogen and oxygen atoms in total. The second-order valence-corrected chi connectivity index (χ2v) is 10.5. The predicted molar refractivity (Wildman–Crippen MR) is 189 cm³/mol. The molecule has 0 unspecified atom stereocenters. The van der Waals surface area contributed by atoms with Gasteiger partial charge in [0.1, 0.15) is 45.9 Å². The number of esters is 2. The number of nitrogens with zero attached hydrogens (tertiary/aromatic N) is 5. The van der Waals surface area contributed by atoms with E-state index >= 15 is 0 Å². The Labute approximate surface area is 303 Å². The fourth-order valence-electron chi connectivity index (χ4n) is 4.44. The van der Waals surface area contributed by atoms with Gasteiger partial charge >= 0.3 is 11.9 Å². The molecule has 0 aliphatic rings. The number of aromatic nitrogens is 4. The van der Waals surface area contributed by atoms with Crippen molar-refractivity contribution in [3.8, 4) is 23.1 Å². The van der Waals surface area contributed by atoms with E-state index in [0.29, 0.717) is 39.1 Å². The van der Waals surface area contributed by atoms with Crippen molar-refractivity contribution < 1.29 is 43.1 Å². The van der Waals surface area contributed by atoms with Gasteiger partial charge in [0, 0.05) is 59.6 Å². The Morgan fingerprint density at radius 1 is 0.717 bits per heavy atom. The number of benzene rings is 2. The van der Waals surface area contributed by atoms with Crippen molar-refractivity contribution in [3.05, 3.63) is 132 Å². The van der Waals surface area contributed by atoms with Gasteiger partial charge in [-0.2, -0.15) is 0 Å². The number of halogens is 1. The van der Waals surface area contributed by atoms with Crippen molar-refractivity contribution in [2.45, 2.75) is 0 Å². The van der Waals surface area contributed by atoms with E-state index in [1.165, 1.54) is 71.0 Å². The molecule has 0 spiro atoms. The maximum Gasteiger partial charge on any atom is 0.341 e. The molecule has 53 heavy (non-hydrogen) atoms. The average Bonchev–Trinajstić information content (AvgIpc) is 3.17. The number of ether oxygens (including phenoxy) is 5. The lowest BCUT2D eigenvalue weighted by Gasteiger charge is -2.11. The van der Waals surface area contributed by atoms with Gasteiger partial charge in [-0.05, 0) is 24.3 Å². The molecule has 6 rings (SSSR count). The normalized spacial score (nSPS) is 10.1. The molecule has 0 atom stereocenters. The number of hydrogen-bond acceptors (Lipinski definition) is 15. The number of pyridine rings is 4. The molecule has 0 aliphatic carbocycles. The zero-order chi connectivity index (χ0) is 38.7. The van der Waals surface area contributed by atoms with Crippen LogP contribution >= 0.6 is 11.6 Å². The summed E-state index contributed by atoms with van der Waals surface area (Å²) in [6.07, 6.45) is 5.28. The topological polar surface area (TPSA) is 238 Å². The fourth-order valence-corrected chi connectivity index (χ4v) is 4.56. The molecule has 0 fully saturated rings. The van der Waals surface area contributed by atoms with Crippen molar-refractivity contribution in [2.75, 3.05) is 28.4 Å². The summed E-state index contributed by atoms with van der Waals surface area (Å²) in [5.41, 5.74) is 1.25. The third-order valence-electron chi connectivity index (χ3n) is 6.98. The van der Waals surface area contributed by atoms with E-state index in [0.717, 1.165) is 12.4 Å². The number of hydrogen-bond donors (Lipinski definition) is 1. The van der Waals surface area contributed by atoms with E-state index in [4.69, 9.17) is 30.5 Å². The van der Waals surface area contributed by atoms with Crippen LogP contribution in [-0.4, -0.2) is 70.2 Å². The summed E-state index contributed by atoms with van der Waals surface area (Å²) in [5, 5.41) is 21.9. The number of H-pyrrole nitrogens is 1. The fraction of sp³-hybridized carbons (Fsp3) is 0.118. The molecule has 0 radical (unpaired) electrons. The number of fused-ring (bicyclic) bond motifs is 2. The standard InChI is InChI=1S/C17H13N3O6.C12H11NO4.C5H3ClN2O2/c1-24-15-8-13-11(7-12(15)17(21)25-2)14(5-6-18-13)26-16-4-3-10(9-19-16)20(22)23;1-16-11-6-9-7(10(14)3-4-13-9)5-8(11)12(15)17-2;6-5-2-1-4(3-7-5)8(9)10/h3-9H,1-2H3;3-6H,1-2H3,(H,13,14);1-3H. The van der Waals surface area contributed by atoms with Gasteiger partial charge in [-0.25, -0.2) is 19.6 Å². The van der Waals surface area contributed by atoms with Crippen LogP contribution in [0.3, 0.4) is 0 Å². The first-order valence-electron chi connectivity index (χ1n) is 14.8. The number of rotatable bonds is 8. The molecule has 0 amide bonds. The van der Waals surface area contributed by atoms with E-state index in [9.17, 15) is 34.6 Å². The van der Waals surface area contributed by atoms with Crippen molar-refractivity contribution in [2.24, 2.45) is 0 Å². The maximum absolute atomic E-state index is 12.0. The molecule has 1 N–H and O–H groups in total. The van der Waals surface area contributed by atoms with E-state index in [2.05, 4.69) is 24.7 Å². The number of aromatic amines is 1. The quantitative estimate of drug-likeness (QED) is 0.0802. The van der Waals surface area contributed by atoms with Gasteiger partial charge in [-0.15, -0.1) is 0 Å². The maximum atomic E-state index is 12.0. The molecule has 272 valence electrons. The molecule has 0 bridgehead atoms. The van der Waals surface area contributed by atoms with Crippen LogP contribution in [0.4, 0.5) is 11.4 Å². The van der Waals surface area contributed by atoms with Gasteiger partial charge in [0.15, 0.2) is 5.43 Å². The van der Waals surface area contributed by atoms with Crippen LogP contribution in [0.2, 0.25) is 5.15 Å². The van der Waals surface area contributed by atoms with Gasteiger partial charge in [-0.1, -0.05) is 11.6 Å². The number of methoxy groups -OCH3 is 4. The molecular formula is C34H27ClN6O12. The minimum atomic E-state index is -0.563. The Balaban J connectivity index is 0.000000198. The van der Waals surface area contributed by atoms with E-state index in [1.54, 1.807) is 30.5 Å². The third kappa shape index (κ3) is 9.52. The monoisotopic (exact) mass is 746 g/mol. The second kappa shape index (κ2) is 17.6. The van der Waals surface area contributed by atoms with Crippen LogP contribution < -0.4 is 19.6 Å². The summed E-state index contributed by atoms with van der Waals surface area (Å²) in [6.45, 7) is 0. The SMILES string of the molecule is COC(=O)c1cc2c(=O)cc[nH]c2cc1OC.COC(=O)c1cc2c(Oc3ccc([N+](=O)[O-])cn3)ccnc2cc1OC.O=[N+]([O-])c1ccc(Cl)nc1. The first kappa shape index (κ1) is 38.6. The lowest BCUT2D eigenvalue weighted by atomic mass is 10.1. The lowest BCUT2D eigenvalue weighted by Crippen LogP contribution is -2.07. The van der Waals surface area contributed by atoms with Crippen molar-refractivity contribution in [1.82, 2.24) is 19.9 Å². The highest BCUT2D eigenvalue weighted by atomic mass is 35.5. The van der Waals surface area contributed by atoms with Crippen molar-refractivity contribution in [1.29, 1.82) is 0 Å². The van der Waals surface area contributed by atoms with Crippen molar-refractivity contribution >= 4 is 56.7 Å². The largest absolute Gasteiger partial charge is 0.496 e. The molecule has 0 aliphatic heterocycles. The molecule has 19 heteroatoms. The van der Waals surface area contributed by atoms with Crippen LogP contribution in [0.1, 0.15) is 20.7 Å². The Morgan fingerprint density at radius 2 is 1.30 bits per heavy atom. The van der Waals surface area contributed by atoms with Gasteiger partial charge < -0.3 is 28.7 Å². The Bertz CT molecular complexity index is 2350. The molecule has 4 aromatic heterocycles. The van der Waals surface area contributed by atoms with Crippen LogP contribution in [-0.2, 0) is 9.47 Å². The van der Waals surface area contributed by atoms with Crippen LogP contribution in [0, 0.1) is 20.2 Å². The summed E-state index contributed by atoms with van der Waals surface area (Å²) in [6, 6.07) is 14.6. The molecule has 6 aromatic rings. The minimum absolute atomic E-state index is 0.0515. The summed E-state index contributed by atoms with van der Waals surface area (Å²) in [5.74, 6) is 0.135. The van der Waals surface area contributed by atoms with Crippen LogP contribution in [0.25, 0.3) is 21.8 Å². The summed E-state index contributed by atoms with van der Waals surface area (Å²) >= 11 is 5.38. The van der Waals surface area contributed by atoms with Gasteiger partial charge in [0.05, 0.1) is 49.3 Å². The van der Waals surface area contributed by atoms with Gasteiger partial charge in [0.2, 0.25) is 5.88 Å².